The Bertz CT molecular complexity index is 757. The van der Waals surface area contributed by atoms with Crippen LogP contribution in [0.3, 0.4) is 0 Å². The molecule has 0 fully saturated rings. The van der Waals surface area contributed by atoms with E-state index in [1.807, 2.05) is 38.1 Å². The summed E-state index contributed by atoms with van der Waals surface area (Å²) in [4.78, 5) is 26.6. The topological polar surface area (TPSA) is 87.5 Å². The highest BCUT2D eigenvalue weighted by Crippen LogP contribution is 2.16. The van der Waals surface area contributed by atoms with E-state index in [0.717, 1.165) is 17.7 Å². The molecule has 7 heteroatoms. The molecule has 7 nitrogen and oxygen atoms in total. The summed E-state index contributed by atoms with van der Waals surface area (Å²) in [6.07, 6.45) is 1.40. The Kier molecular flexibility index (Phi) is 6.91. The van der Waals surface area contributed by atoms with Crippen LogP contribution in [0.5, 0.6) is 0 Å². The maximum Gasteiger partial charge on any atom is 0.242 e. The van der Waals surface area contributed by atoms with Crippen LogP contribution < -0.4 is 10.6 Å². The van der Waals surface area contributed by atoms with Crippen molar-refractivity contribution in [2.45, 2.75) is 39.7 Å². The highest BCUT2D eigenvalue weighted by molar-refractivity contribution is 5.96. The molecule has 1 aromatic carbocycles. The van der Waals surface area contributed by atoms with E-state index in [-0.39, 0.29) is 18.4 Å². The van der Waals surface area contributed by atoms with Crippen molar-refractivity contribution < 1.29 is 14.1 Å². The molecule has 1 atom stereocenters. The fraction of sp³-hybridized carbons (Fsp3) is 0.421. The van der Waals surface area contributed by atoms with E-state index in [1.54, 1.807) is 24.9 Å². The van der Waals surface area contributed by atoms with E-state index >= 15 is 0 Å². The van der Waals surface area contributed by atoms with Gasteiger partial charge >= 0.3 is 0 Å². The first-order valence-corrected chi connectivity index (χ1v) is 8.76. The summed E-state index contributed by atoms with van der Waals surface area (Å²) in [5.41, 5.74) is 1.89. The summed E-state index contributed by atoms with van der Waals surface area (Å²) in [6, 6.07) is 8.91. The van der Waals surface area contributed by atoms with Gasteiger partial charge in [0.1, 0.15) is 5.76 Å². The molecular weight excluding hydrogens is 332 g/mol. The lowest BCUT2D eigenvalue weighted by Crippen LogP contribution is -2.44. The standard InChI is InChI=1S/C19H26N4O3/c1-5-14-9-7-8-10-15(14)20-18(24)12-23(4)16(6-2)19(25)21-17-11-13(3)26-22-17/h7-11,16H,5-6,12H2,1-4H3,(H,20,24)(H,21,22,25). The lowest BCUT2D eigenvalue weighted by atomic mass is 10.1. The molecule has 2 N–H and O–H groups in total. The van der Waals surface area contributed by atoms with Crippen molar-refractivity contribution in [3.05, 3.63) is 41.7 Å². The van der Waals surface area contributed by atoms with E-state index in [9.17, 15) is 9.59 Å². The molecule has 0 radical (unpaired) electrons. The number of nitrogens with one attached hydrogen (secondary N) is 2. The van der Waals surface area contributed by atoms with Crippen molar-refractivity contribution in [1.82, 2.24) is 10.1 Å². The Hall–Kier alpha value is -2.67. The first kappa shape index (κ1) is 19.7. The van der Waals surface area contributed by atoms with Crippen molar-refractivity contribution in [3.8, 4) is 0 Å². The second-order valence-corrected chi connectivity index (χ2v) is 6.21. The first-order valence-electron chi connectivity index (χ1n) is 8.76. The van der Waals surface area contributed by atoms with Gasteiger partial charge in [0.15, 0.2) is 5.82 Å². The van der Waals surface area contributed by atoms with Crippen LogP contribution in [-0.2, 0) is 16.0 Å². The predicted octanol–water partition coefficient (Wildman–Crippen LogP) is 2.83. The highest BCUT2D eigenvalue weighted by atomic mass is 16.5. The van der Waals surface area contributed by atoms with Gasteiger partial charge in [-0.25, -0.2) is 0 Å². The van der Waals surface area contributed by atoms with Gasteiger partial charge in [-0.05, 0) is 38.4 Å². The third kappa shape index (κ3) is 5.16. The molecule has 0 saturated heterocycles. The zero-order valence-electron chi connectivity index (χ0n) is 15.7. The summed E-state index contributed by atoms with van der Waals surface area (Å²) >= 11 is 0. The van der Waals surface area contributed by atoms with E-state index in [1.165, 1.54) is 0 Å². The van der Waals surface area contributed by atoms with Gasteiger partial charge in [-0.15, -0.1) is 0 Å². The molecular formula is C19H26N4O3. The number of anilines is 2. The molecule has 0 aliphatic carbocycles. The largest absolute Gasteiger partial charge is 0.360 e. The summed E-state index contributed by atoms with van der Waals surface area (Å²) in [5.74, 6) is 0.623. The average molecular weight is 358 g/mol. The monoisotopic (exact) mass is 358 g/mol. The number of rotatable bonds is 8. The molecule has 0 saturated carbocycles. The molecule has 0 spiro atoms. The summed E-state index contributed by atoms with van der Waals surface area (Å²) < 4.78 is 4.95. The molecule has 1 unspecified atom stereocenters. The number of amides is 2. The van der Waals surface area contributed by atoms with Crippen molar-refractivity contribution in [2.75, 3.05) is 24.2 Å². The van der Waals surface area contributed by atoms with Crippen molar-refractivity contribution in [2.24, 2.45) is 0 Å². The highest BCUT2D eigenvalue weighted by Gasteiger charge is 2.24. The Balaban J connectivity index is 1.95. The zero-order valence-corrected chi connectivity index (χ0v) is 15.7. The zero-order chi connectivity index (χ0) is 19.1. The summed E-state index contributed by atoms with van der Waals surface area (Å²) in [7, 11) is 1.76. The Morgan fingerprint density at radius 3 is 2.58 bits per heavy atom. The molecule has 26 heavy (non-hydrogen) atoms. The fourth-order valence-corrected chi connectivity index (χ4v) is 2.81. The number of hydrogen-bond acceptors (Lipinski definition) is 5. The van der Waals surface area contributed by atoms with E-state index in [4.69, 9.17) is 4.52 Å². The molecule has 1 aromatic heterocycles. The van der Waals surface area contributed by atoms with Gasteiger partial charge in [0.05, 0.1) is 12.6 Å². The minimum Gasteiger partial charge on any atom is -0.360 e. The molecule has 0 bridgehead atoms. The Labute approximate surface area is 153 Å². The molecule has 140 valence electrons. The van der Waals surface area contributed by atoms with Crippen LogP contribution in [0, 0.1) is 6.92 Å². The SMILES string of the molecule is CCc1ccccc1NC(=O)CN(C)C(CC)C(=O)Nc1cc(C)on1. The van der Waals surface area contributed by atoms with Crippen molar-refractivity contribution in [1.29, 1.82) is 0 Å². The normalized spacial score (nSPS) is 12.0. The summed E-state index contributed by atoms with van der Waals surface area (Å²) in [5, 5.41) is 9.41. The number of aryl methyl sites for hydroxylation is 2. The van der Waals surface area contributed by atoms with Crippen LogP contribution in [-0.4, -0.2) is 41.5 Å². The average Bonchev–Trinajstić information content (AvgIpc) is 3.00. The number of aromatic nitrogens is 1. The van der Waals surface area contributed by atoms with Crippen LogP contribution >= 0.6 is 0 Å². The van der Waals surface area contributed by atoms with E-state index < -0.39 is 6.04 Å². The predicted molar refractivity (Wildman–Crippen MR) is 101 cm³/mol. The maximum atomic E-state index is 12.5. The van der Waals surface area contributed by atoms with Gasteiger partial charge in [0.25, 0.3) is 0 Å². The lowest BCUT2D eigenvalue weighted by molar-refractivity contribution is -0.123. The third-order valence-electron chi connectivity index (χ3n) is 4.17. The van der Waals surface area contributed by atoms with Crippen LogP contribution in [0.15, 0.2) is 34.9 Å². The quantitative estimate of drug-likeness (QED) is 0.758. The number of carbonyl (C=O) groups excluding carboxylic acids is 2. The third-order valence-corrected chi connectivity index (χ3v) is 4.17. The molecule has 0 aliphatic rings. The van der Waals surface area contributed by atoms with Gasteiger partial charge < -0.3 is 15.2 Å². The smallest absolute Gasteiger partial charge is 0.242 e. The Morgan fingerprint density at radius 1 is 1.23 bits per heavy atom. The lowest BCUT2D eigenvalue weighted by Gasteiger charge is -2.25. The second kappa shape index (κ2) is 9.15. The number of hydrogen-bond donors (Lipinski definition) is 2. The number of para-hydroxylation sites is 1. The van der Waals surface area contributed by atoms with Crippen LogP contribution in [0.25, 0.3) is 0 Å². The Morgan fingerprint density at radius 2 is 1.96 bits per heavy atom. The second-order valence-electron chi connectivity index (χ2n) is 6.21. The van der Waals surface area contributed by atoms with Gasteiger partial charge in [0.2, 0.25) is 11.8 Å². The first-order chi connectivity index (χ1) is 12.4. The number of benzene rings is 1. The van der Waals surface area contributed by atoms with Crippen LogP contribution in [0.4, 0.5) is 11.5 Å². The summed E-state index contributed by atoms with van der Waals surface area (Å²) in [6.45, 7) is 5.81. The minimum absolute atomic E-state index is 0.113. The molecule has 2 rings (SSSR count). The number of carbonyl (C=O) groups is 2. The molecule has 2 amide bonds. The van der Waals surface area contributed by atoms with Gasteiger partial charge in [0, 0.05) is 11.8 Å². The van der Waals surface area contributed by atoms with Gasteiger partial charge in [-0.2, -0.15) is 0 Å². The van der Waals surface area contributed by atoms with Crippen LogP contribution in [0.2, 0.25) is 0 Å². The van der Waals surface area contributed by atoms with Crippen molar-refractivity contribution >= 4 is 23.3 Å². The minimum atomic E-state index is -0.445. The number of likely N-dealkylation sites (N-methyl/N-ethyl adjacent to an activating group) is 1. The fourth-order valence-electron chi connectivity index (χ4n) is 2.81. The van der Waals surface area contributed by atoms with Gasteiger partial charge in [-0.1, -0.05) is 37.2 Å². The van der Waals surface area contributed by atoms with Crippen LogP contribution in [0.1, 0.15) is 31.6 Å². The van der Waals surface area contributed by atoms with Crippen molar-refractivity contribution in [3.63, 3.8) is 0 Å². The molecule has 1 heterocycles. The number of nitrogens with zero attached hydrogens (tertiary/aromatic N) is 2. The van der Waals surface area contributed by atoms with Gasteiger partial charge in [-0.3, -0.25) is 14.5 Å². The van der Waals surface area contributed by atoms with E-state index in [0.29, 0.717) is 18.0 Å². The van der Waals surface area contributed by atoms with E-state index in [2.05, 4.69) is 15.8 Å². The molecule has 0 aliphatic heterocycles. The maximum absolute atomic E-state index is 12.5. The molecule has 2 aromatic rings.